The van der Waals surface area contributed by atoms with Gasteiger partial charge in [0.25, 0.3) is 5.56 Å². The monoisotopic (exact) mass is 410 g/mol. The zero-order valence-electron chi connectivity index (χ0n) is 15.6. The topological polar surface area (TPSA) is 72.2 Å². The highest BCUT2D eigenvalue weighted by Crippen LogP contribution is 2.35. The van der Waals surface area contributed by atoms with Gasteiger partial charge in [-0.25, -0.2) is 9.78 Å². The van der Waals surface area contributed by atoms with Gasteiger partial charge < -0.3 is 5.11 Å². The number of aromatic nitrogens is 2. The summed E-state index contributed by atoms with van der Waals surface area (Å²) in [4.78, 5) is 31.9. The van der Waals surface area contributed by atoms with Gasteiger partial charge in [0, 0.05) is 21.4 Å². The first-order valence-corrected chi connectivity index (χ1v) is 10.5. The number of carboxylic acid groups (broad SMARTS) is 1. The molecule has 0 amide bonds. The van der Waals surface area contributed by atoms with Gasteiger partial charge in [0.2, 0.25) is 0 Å². The molecule has 0 aliphatic rings. The third kappa shape index (κ3) is 2.87. The second-order valence-corrected chi connectivity index (χ2v) is 8.92. The summed E-state index contributed by atoms with van der Waals surface area (Å²) in [6.45, 7) is 5.03. The number of hydrogen-bond acceptors (Lipinski definition) is 5. The summed E-state index contributed by atoms with van der Waals surface area (Å²) in [5, 5.41) is 14.2. The van der Waals surface area contributed by atoms with E-state index in [1.165, 1.54) is 29.8 Å². The molecule has 0 saturated heterocycles. The maximum Gasteiger partial charge on any atom is 0.329 e. The van der Waals surface area contributed by atoms with Crippen LogP contribution in [-0.4, -0.2) is 20.6 Å². The van der Waals surface area contributed by atoms with Crippen molar-refractivity contribution in [3.8, 4) is 21.8 Å². The molecule has 0 radical (unpaired) electrons. The van der Waals surface area contributed by atoms with E-state index in [4.69, 9.17) is 4.98 Å². The van der Waals surface area contributed by atoms with Crippen molar-refractivity contribution in [2.75, 3.05) is 0 Å². The summed E-state index contributed by atoms with van der Waals surface area (Å²) in [5.41, 5.74) is 0.806. The van der Waals surface area contributed by atoms with Gasteiger partial charge in [0.15, 0.2) is 0 Å². The van der Waals surface area contributed by atoms with Crippen LogP contribution >= 0.6 is 22.7 Å². The van der Waals surface area contributed by atoms with E-state index in [-0.39, 0.29) is 5.56 Å². The SMILES string of the molecule is Cc1ccc(-c2nc3scc(-c4cccs4)c3c(=O)n2C(C)(C)C(=O)O)cc1. The van der Waals surface area contributed by atoms with Crippen molar-refractivity contribution in [2.24, 2.45) is 0 Å². The Balaban J connectivity index is 2.11. The lowest BCUT2D eigenvalue weighted by atomic mass is 10.0. The zero-order valence-corrected chi connectivity index (χ0v) is 17.2. The van der Waals surface area contributed by atoms with E-state index in [2.05, 4.69) is 0 Å². The highest BCUT2D eigenvalue weighted by atomic mass is 32.1. The average molecular weight is 411 g/mol. The number of thiophene rings is 2. The Morgan fingerprint density at radius 3 is 2.46 bits per heavy atom. The molecular weight excluding hydrogens is 392 g/mol. The first kappa shape index (κ1) is 18.6. The van der Waals surface area contributed by atoms with E-state index >= 15 is 0 Å². The first-order chi connectivity index (χ1) is 13.3. The minimum Gasteiger partial charge on any atom is -0.480 e. The van der Waals surface area contributed by atoms with Crippen molar-refractivity contribution < 1.29 is 9.90 Å². The predicted octanol–water partition coefficient (Wildman–Crippen LogP) is 4.98. The van der Waals surface area contributed by atoms with Crippen molar-refractivity contribution in [3.63, 3.8) is 0 Å². The van der Waals surface area contributed by atoms with E-state index in [9.17, 15) is 14.7 Å². The molecule has 1 aromatic carbocycles. The third-order valence-corrected chi connectivity index (χ3v) is 6.56. The first-order valence-electron chi connectivity index (χ1n) is 8.69. The van der Waals surface area contributed by atoms with Crippen LogP contribution in [0.25, 0.3) is 32.0 Å². The van der Waals surface area contributed by atoms with Crippen molar-refractivity contribution >= 4 is 38.9 Å². The fourth-order valence-electron chi connectivity index (χ4n) is 3.11. The highest BCUT2D eigenvalue weighted by Gasteiger charge is 2.35. The lowest BCUT2D eigenvalue weighted by molar-refractivity contribution is -0.145. The van der Waals surface area contributed by atoms with E-state index < -0.39 is 11.5 Å². The van der Waals surface area contributed by atoms with Gasteiger partial charge in [0.1, 0.15) is 16.2 Å². The number of fused-ring (bicyclic) bond motifs is 1. The highest BCUT2D eigenvalue weighted by molar-refractivity contribution is 7.18. The van der Waals surface area contributed by atoms with E-state index in [0.717, 1.165) is 16.0 Å². The van der Waals surface area contributed by atoms with Crippen LogP contribution in [-0.2, 0) is 10.3 Å². The lowest BCUT2D eigenvalue weighted by Gasteiger charge is -2.25. The molecule has 4 aromatic rings. The number of benzene rings is 1. The van der Waals surface area contributed by atoms with Crippen molar-refractivity contribution in [1.82, 2.24) is 9.55 Å². The number of aliphatic carboxylic acids is 1. The summed E-state index contributed by atoms with van der Waals surface area (Å²) in [6, 6.07) is 11.5. The van der Waals surface area contributed by atoms with Crippen molar-refractivity contribution in [2.45, 2.75) is 26.3 Å². The van der Waals surface area contributed by atoms with Gasteiger partial charge in [-0.05, 0) is 32.2 Å². The van der Waals surface area contributed by atoms with Crippen LogP contribution in [0.15, 0.2) is 52.0 Å². The molecule has 1 N–H and O–H groups in total. The van der Waals surface area contributed by atoms with Crippen LogP contribution in [0, 0.1) is 6.92 Å². The molecule has 5 nitrogen and oxygen atoms in total. The van der Waals surface area contributed by atoms with Gasteiger partial charge >= 0.3 is 5.97 Å². The summed E-state index contributed by atoms with van der Waals surface area (Å²) in [7, 11) is 0. The maximum absolute atomic E-state index is 13.6. The summed E-state index contributed by atoms with van der Waals surface area (Å²) in [5.74, 6) is -0.721. The fourth-order valence-corrected chi connectivity index (χ4v) is 4.87. The van der Waals surface area contributed by atoms with Crippen molar-refractivity contribution in [3.05, 3.63) is 63.1 Å². The summed E-state index contributed by atoms with van der Waals surface area (Å²) >= 11 is 2.94. The van der Waals surface area contributed by atoms with Gasteiger partial charge in [0.05, 0.1) is 5.39 Å². The number of aryl methyl sites for hydroxylation is 1. The van der Waals surface area contributed by atoms with Crippen LogP contribution in [0.1, 0.15) is 19.4 Å². The Kier molecular flexibility index (Phi) is 4.44. The normalized spacial score (nSPS) is 11.8. The van der Waals surface area contributed by atoms with Crippen LogP contribution in [0.5, 0.6) is 0 Å². The molecule has 0 aliphatic heterocycles. The largest absolute Gasteiger partial charge is 0.480 e. The quantitative estimate of drug-likeness (QED) is 0.515. The Labute approximate surface area is 169 Å². The predicted molar refractivity (Wildman–Crippen MR) is 114 cm³/mol. The van der Waals surface area contributed by atoms with Crippen LogP contribution in [0.4, 0.5) is 0 Å². The third-order valence-electron chi connectivity index (χ3n) is 4.79. The Morgan fingerprint density at radius 2 is 1.86 bits per heavy atom. The van der Waals surface area contributed by atoms with Gasteiger partial charge in [-0.1, -0.05) is 35.9 Å². The molecule has 0 atom stereocenters. The summed E-state index contributed by atoms with van der Waals surface area (Å²) in [6.07, 6.45) is 0. The van der Waals surface area contributed by atoms with E-state index in [1.807, 2.05) is 54.1 Å². The number of carboxylic acids is 1. The number of rotatable bonds is 4. The minimum atomic E-state index is -1.45. The van der Waals surface area contributed by atoms with Crippen LogP contribution in [0.2, 0.25) is 0 Å². The fraction of sp³-hybridized carbons (Fsp3) is 0.190. The molecule has 7 heteroatoms. The molecule has 3 heterocycles. The minimum absolute atomic E-state index is 0.336. The second kappa shape index (κ2) is 6.68. The molecule has 0 fully saturated rings. The molecule has 28 heavy (non-hydrogen) atoms. The average Bonchev–Trinajstić information content (AvgIpc) is 3.31. The van der Waals surface area contributed by atoms with E-state index in [0.29, 0.717) is 21.6 Å². The molecular formula is C21H18N2O3S2. The van der Waals surface area contributed by atoms with E-state index in [1.54, 1.807) is 11.3 Å². The molecule has 0 unspecified atom stereocenters. The maximum atomic E-state index is 13.6. The summed E-state index contributed by atoms with van der Waals surface area (Å²) < 4.78 is 1.31. The lowest BCUT2D eigenvalue weighted by Crippen LogP contribution is -2.44. The molecule has 0 aliphatic carbocycles. The second-order valence-electron chi connectivity index (χ2n) is 7.11. The van der Waals surface area contributed by atoms with Gasteiger partial charge in [-0.15, -0.1) is 22.7 Å². The molecule has 0 saturated carbocycles. The number of carbonyl (C=O) groups is 1. The molecule has 142 valence electrons. The van der Waals surface area contributed by atoms with Crippen molar-refractivity contribution in [1.29, 1.82) is 0 Å². The van der Waals surface area contributed by atoms with Crippen LogP contribution in [0.3, 0.4) is 0 Å². The van der Waals surface area contributed by atoms with Gasteiger partial charge in [-0.3, -0.25) is 9.36 Å². The smallest absolute Gasteiger partial charge is 0.329 e. The molecule has 0 spiro atoms. The molecule has 3 aromatic heterocycles. The Morgan fingerprint density at radius 1 is 1.14 bits per heavy atom. The van der Waals surface area contributed by atoms with Gasteiger partial charge in [-0.2, -0.15) is 0 Å². The zero-order chi connectivity index (χ0) is 20.1. The Hall–Kier alpha value is -2.77. The number of nitrogens with zero attached hydrogens (tertiary/aromatic N) is 2. The Bertz CT molecular complexity index is 1230. The molecule has 0 bridgehead atoms. The molecule has 4 rings (SSSR count). The van der Waals surface area contributed by atoms with Crippen LogP contribution < -0.4 is 5.56 Å². The number of hydrogen-bond donors (Lipinski definition) is 1. The standard InChI is InChI=1S/C21H18N2O3S2/c1-12-6-8-13(9-7-12)17-22-18-16(14(11-28-18)15-5-4-10-27-15)19(24)23(17)21(2,3)20(25)26/h4-11H,1-3H3,(H,25,26).